The summed E-state index contributed by atoms with van der Waals surface area (Å²) in [5.74, 6) is -0.511. The van der Waals surface area contributed by atoms with E-state index in [4.69, 9.17) is 11.5 Å². The number of anilines is 2. The number of nitrogens with two attached hydrogens (primary N) is 2. The molecule has 0 atom stereocenters. The van der Waals surface area contributed by atoms with Crippen LogP contribution in [-0.2, 0) is 9.59 Å². The highest BCUT2D eigenvalue weighted by atomic mass is 16.2. The van der Waals surface area contributed by atoms with Gasteiger partial charge in [0.2, 0.25) is 11.8 Å². The number of hydrogen-bond acceptors (Lipinski definition) is 6. The van der Waals surface area contributed by atoms with E-state index in [9.17, 15) is 9.59 Å². The van der Waals surface area contributed by atoms with E-state index in [-0.39, 0.29) is 24.7 Å². The predicted molar refractivity (Wildman–Crippen MR) is 116 cm³/mol. The molecular formula is C21H26N6O2. The molecule has 0 aromatic heterocycles. The van der Waals surface area contributed by atoms with Crippen LogP contribution < -0.4 is 22.3 Å². The van der Waals surface area contributed by atoms with Gasteiger partial charge in [-0.1, -0.05) is 24.3 Å². The number of benzene rings is 2. The molecule has 0 radical (unpaired) electrons. The topological polar surface area (TPSA) is 135 Å². The molecule has 8 heteroatoms. The summed E-state index contributed by atoms with van der Waals surface area (Å²) in [4.78, 5) is 23.8. The predicted octanol–water partition coefficient (Wildman–Crippen LogP) is 2.40. The van der Waals surface area contributed by atoms with Crippen LogP contribution in [0.15, 0.2) is 58.7 Å². The van der Waals surface area contributed by atoms with Crippen molar-refractivity contribution in [3.05, 3.63) is 59.7 Å². The monoisotopic (exact) mass is 394 g/mol. The molecule has 6 N–H and O–H groups in total. The number of hydrazone groups is 2. The zero-order valence-electron chi connectivity index (χ0n) is 16.6. The molecule has 0 bridgehead atoms. The Bertz CT molecular complexity index is 826. The third-order valence-electron chi connectivity index (χ3n) is 4.16. The van der Waals surface area contributed by atoms with Crippen LogP contribution in [-0.4, -0.2) is 23.2 Å². The summed E-state index contributed by atoms with van der Waals surface area (Å²) in [6.45, 7) is 3.58. The van der Waals surface area contributed by atoms with Crippen LogP contribution in [0, 0.1) is 0 Å². The first kappa shape index (κ1) is 21.6. The minimum atomic E-state index is -0.255. The van der Waals surface area contributed by atoms with Crippen molar-refractivity contribution in [1.29, 1.82) is 0 Å². The van der Waals surface area contributed by atoms with Crippen molar-refractivity contribution in [2.24, 2.45) is 10.2 Å². The van der Waals surface area contributed by atoms with Gasteiger partial charge < -0.3 is 11.5 Å². The molecule has 8 nitrogen and oxygen atoms in total. The van der Waals surface area contributed by atoms with Crippen molar-refractivity contribution in [1.82, 2.24) is 10.9 Å². The fourth-order valence-electron chi connectivity index (χ4n) is 2.39. The van der Waals surface area contributed by atoms with Gasteiger partial charge in [0.15, 0.2) is 0 Å². The number of amides is 2. The van der Waals surface area contributed by atoms with Crippen LogP contribution in [0.5, 0.6) is 0 Å². The summed E-state index contributed by atoms with van der Waals surface area (Å²) in [5.41, 5.74) is 20.7. The lowest BCUT2D eigenvalue weighted by Gasteiger charge is -2.04. The Kier molecular flexibility index (Phi) is 7.90. The maximum absolute atomic E-state index is 11.9. The van der Waals surface area contributed by atoms with E-state index in [1.807, 2.05) is 24.3 Å². The maximum Gasteiger partial charge on any atom is 0.240 e. The van der Waals surface area contributed by atoms with Gasteiger partial charge in [0, 0.05) is 24.2 Å². The first-order valence-electron chi connectivity index (χ1n) is 9.23. The molecule has 0 unspecified atom stereocenters. The number of carbonyl (C=O) groups is 2. The fourth-order valence-corrected chi connectivity index (χ4v) is 2.39. The smallest absolute Gasteiger partial charge is 0.240 e. The van der Waals surface area contributed by atoms with E-state index in [1.165, 1.54) is 0 Å². The van der Waals surface area contributed by atoms with Crippen LogP contribution in [0.3, 0.4) is 0 Å². The van der Waals surface area contributed by atoms with Gasteiger partial charge in [0.1, 0.15) is 0 Å². The number of nitrogens with zero attached hydrogens (tertiary/aromatic N) is 2. The van der Waals surface area contributed by atoms with Crippen LogP contribution >= 0.6 is 0 Å². The van der Waals surface area contributed by atoms with Crippen LogP contribution in [0.4, 0.5) is 11.4 Å². The lowest BCUT2D eigenvalue weighted by atomic mass is 10.1. The van der Waals surface area contributed by atoms with Gasteiger partial charge in [0.05, 0.1) is 11.4 Å². The lowest BCUT2D eigenvalue weighted by molar-refractivity contribution is -0.122. The second-order valence-electron chi connectivity index (χ2n) is 6.56. The maximum atomic E-state index is 11.9. The van der Waals surface area contributed by atoms with E-state index >= 15 is 0 Å². The van der Waals surface area contributed by atoms with Gasteiger partial charge in [-0.2, -0.15) is 10.2 Å². The largest absolute Gasteiger partial charge is 0.399 e. The molecule has 0 aliphatic heterocycles. The third-order valence-corrected chi connectivity index (χ3v) is 4.16. The SMILES string of the molecule is C/C(=N\NC(=O)CCCC(=O)N/N=C(\C)c1ccc(N)cc1)c1ccc(N)cc1. The highest BCUT2D eigenvalue weighted by Gasteiger charge is 2.06. The van der Waals surface area contributed by atoms with Crippen LogP contribution in [0.1, 0.15) is 44.2 Å². The van der Waals surface area contributed by atoms with Crippen molar-refractivity contribution < 1.29 is 9.59 Å². The number of rotatable bonds is 8. The summed E-state index contributed by atoms with van der Waals surface area (Å²) >= 11 is 0. The van der Waals surface area contributed by atoms with Gasteiger partial charge in [0.25, 0.3) is 0 Å². The van der Waals surface area contributed by atoms with Crippen molar-refractivity contribution in [3.63, 3.8) is 0 Å². The van der Waals surface area contributed by atoms with Gasteiger partial charge in [-0.25, -0.2) is 10.9 Å². The Hall–Kier alpha value is -3.68. The van der Waals surface area contributed by atoms with Gasteiger partial charge in [-0.3, -0.25) is 9.59 Å². The molecule has 0 spiro atoms. The quantitative estimate of drug-likeness (QED) is 0.310. The molecule has 2 aromatic rings. The standard InChI is InChI=1S/C21H26N6O2/c1-14(16-6-10-18(22)11-7-16)24-26-20(28)4-3-5-21(29)27-25-15(2)17-8-12-19(23)13-9-17/h6-13H,3-5,22-23H2,1-2H3,(H,26,28)(H,27,29)/b24-14+,25-15+. The highest BCUT2D eigenvalue weighted by Crippen LogP contribution is 2.07. The Morgan fingerprint density at radius 2 is 1.07 bits per heavy atom. The minimum Gasteiger partial charge on any atom is -0.399 e. The summed E-state index contributed by atoms with van der Waals surface area (Å²) in [7, 11) is 0. The molecule has 29 heavy (non-hydrogen) atoms. The summed E-state index contributed by atoms with van der Waals surface area (Å²) < 4.78 is 0. The molecule has 0 saturated carbocycles. The molecule has 0 aliphatic rings. The molecule has 2 aromatic carbocycles. The Labute approximate surface area is 170 Å². The molecule has 2 rings (SSSR count). The summed E-state index contributed by atoms with van der Waals surface area (Å²) in [5, 5.41) is 8.13. The zero-order chi connectivity index (χ0) is 21.2. The van der Waals surface area contributed by atoms with Gasteiger partial charge in [-0.15, -0.1) is 0 Å². The average Bonchev–Trinajstić information content (AvgIpc) is 2.71. The van der Waals surface area contributed by atoms with Crippen LogP contribution in [0.2, 0.25) is 0 Å². The van der Waals surface area contributed by atoms with E-state index in [0.717, 1.165) is 11.1 Å². The lowest BCUT2D eigenvalue weighted by Crippen LogP contribution is -2.21. The van der Waals surface area contributed by atoms with Crippen molar-refractivity contribution in [2.75, 3.05) is 11.5 Å². The van der Waals surface area contributed by atoms with E-state index in [0.29, 0.717) is 29.2 Å². The first-order valence-corrected chi connectivity index (χ1v) is 9.23. The van der Waals surface area contributed by atoms with Gasteiger partial charge >= 0.3 is 0 Å². The Balaban J connectivity index is 1.71. The minimum absolute atomic E-state index is 0.187. The molecule has 0 saturated heterocycles. The first-order chi connectivity index (χ1) is 13.8. The number of nitrogen functional groups attached to an aromatic ring is 2. The molecule has 0 aliphatic carbocycles. The van der Waals surface area contributed by atoms with Crippen molar-refractivity contribution in [2.45, 2.75) is 33.1 Å². The second kappa shape index (κ2) is 10.6. The molecule has 152 valence electrons. The van der Waals surface area contributed by atoms with Gasteiger partial charge in [-0.05, 0) is 55.7 Å². The Morgan fingerprint density at radius 3 is 1.41 bits per heavy atom. The Morgan fingerprint density at radius 1 is 0.724 bits per heavy atom. The molecular weight excluding hydrogens is 368 g/mol. The fraction of sp³-hybridized carbons (Fsp3) is 0.238. The normalized spacial score (nSPS) is 11.8. The molecule has 2 amide bonds. The molecule has 0 heterocycles. The van der Waals surface area contributed by atoms with Crippen LogP contribution in [0.25, 0.3) is 0 Å². The zero-order valence-corrected chi connectivity index (χ0v) is 16.6. The second-order valence-corrected chi connectivity index (χ2v) is 6.56. The molecule has 0 fully saturated rings. The number of nitrogens with one attached hydrogen (secondary N) is 2. The van der Waals surface area contributed by atoms with Crippen molar-refractivity contribution >= 4 is 34.6 Å². The van der Waals surface area contributed by atoms with E-state index in [1.54, 1.807) is 38.1 Å². The highest BCUT2D eigenvalue weighted by molar-refractivity contribution is 6.00. The summed E-state index contributed by atoms with van der Waals surface area (Å²) in [6, 6.07) is 14.4. The van der Waals surface area contributed by atoms with Crippen molar-refractivity contribution in [3.8, 4) is 0 Å². The third kappa shape index (κ3) is 7.45. The number of carbonyl (C=O) groups excluding carboxylic acids is 2. The summed E-state index contributed by atoms with van der Waals surface area (Å²) in [6.07, 6.45) is 0.768. The van der Waals surface area contributed by atoms with E-state index < -0.39 is 0 Å². The average molecular weight is 394 g/mol. The van der Waals surface area contributed by atoms with E-state index in [2.05, 4.69) is 21.1 Å². The number of hydrogen-bond donors (Lipinski definition) is 4.